The van der Waals surface area contributed by atoms with Gasteiger partial charge in [-0.1, -0.05) is 18.2 Å². The third-order valence-corrected chi connectivity index (χ3v) is 3.64. The molecule has 1 saturated heterocycles. The van der Waals surface area contributed by atoms with Crippen molar-refractivity contribution in [3.05, 3.63) is 54.6 Å². The fraction of sp³-hybridized carbons (Fsp3) is 0.294. The molecule has 20 heavy (non-hydrogen) atoms. The highest BCUT2D eigenvalue weighted by atomic mass is 16.5. The molecule has 3 heteroatoms. The number of ether oxygens (including phenoxy) is 1. The Hall–Kier alpha value is -2.00. The van der Waals surface area contributed by atoms with Crippen LogP contribution in [0.1, 0.15) is 12.8 Å². The SMILES string of the molecule is NC1CCCN(c2ccc(Oc3ccccc3)cc2)C1. The van der Waals surface area contributed by atoms with Crippen molar-refractivity contribution in [3.8, 4) is 11.5 Å². The molecule has 104 valence electrons. The van der Waals surface area contributed by atoms with Crippen LogP contribution in [0.5, 0.6) is 11.5 Å². The van der Waals surface area contributed by atoms with E-state index >= 15 is 0 Å². The normalized spacial score (nSPS) is 18.9. The molecule has 1 unspecified atom stereocenters. The summed E-state index contributed by atoms with van der Waals surface area (Å²) in [7, 11) is 0. The molecule has 0 saturated carbocycles. The number of hydrogen-bond acceptors (Lipinski definition) is 3. The second-order valence-corrected chi connectivity index (χ2v) is 5.26. The van der Waals surface area contributed by atoms with Crippen LogP contribution in [-0.4, -0.2) is 19.1 Å². The summed E-state index contributed by atoms with van der Waals surface area (Å²) in [6.45, 7) is 2.03. The maximum absolute atomic E-state index is 6.03. The molecule has 2 aromatic rings. The highest BCUT2D eigenvalue weighted by Crippen LogP contribution is 2.25. The van der Waals surface area contributed by atoms with Crippen molar-refractivity contribution in [1.29, 1.82) is 0 Å². The Morgan fingerprint density at radius 3 is 2.35 bits per heavy atom. The van der Waals surface area contributed by atoms with E-state index in [1.165, 1.54) is 12.1 Å². The average Bonchev–Trinajstić information content (AvgIpc) is 2.49. The number of anilines is 1. The second-order valence-electron chi connectivity index (χ2n) is 5.26. The summed E-state index contributed by atoms with van der Waals surface area (Å²) in [5.74, 6) is 1.72. The molecule has 0 amide bonds. The highest BCUT2D eigenvalue weighted by molar-refractivity contribution is 5.50. The second kappa shape index (κ2) is 5.97. The lowest BCUT2D eigenvalue weighted by atomic mass is 10.1. The minimum absolute atomic E-state index is 0.295. The van der Waals surface area contributed by atoms with Crippen molar-refractivity contribution in [2.75, 3.05) is 18.0 Å². The average molecular weight is 268 g/mol. The molecule has 3 rings (SSSR count). The van der Waals surface area contributed by atoms with Crippen LogP contribution in [0.4, 0.5) is 5.69 Å². The first-order chi connectivity index (χ1) is 9.81. The van der Waals surface area contributed by atoms with Crippen molar-refractivity contribution in [2.45, 2.75) is 18.9 Å². The van der Waals surface area contributed by atoms with Crippen molar-refractivity contribution in [2.24, 2.45) is 5.73 Å². The van der Waals surface area contributed by atoms with Crippen LogP contribution in [0, 0.1) is 0 Å². The molecular formula is C17H20N2O. The van der Waals surface area contributed by atoms with Gasteiger partial charge in [0.1, 0.15) is 11.5 Å². The first-order valence-corrected chi connectivity index (χ1v) is 7.15. The van der Waals surface area contributed by atoms with Gasteiger partial charge >= 0.3 is 0 Å². The smallest absolute Gasteiger partial charge is 0.127 e. The van der Waals surface area contributed by atoms with Crippen LogP contribution in [0.15, 0.2) is 54.6 Å². The van der Waals surface area contributed by atoms with E-state index < -0.39 is 0 Å². The van der Waals surface area contributed by atoms with Gasteiger partial charge in [-0.3, -0.25) is 0 Å². The molecule has 0 aliphatic carbocycles. The molecule has 0 spiro atoms. The summed E-state index contributed by atoms with van der Waals surface area (Å²) < 4.78 is 5.80. The van der Waals surface area contributed by atoms with Crippen molar-refractivity contribution >= 4 is 5.69 Å². The molecule has 0 bridgehead atoms. The van der Waals surface area contributed by atoms with Gasteiger partial charge in [-0.15, -0.1) is 0 Å². The first kappa shape index (κ1) is 13.0. The van der Waals surface area contributed by atoms with Gasteiger partial charge in [0.05, 0.1) is 0 Å². The maximum Gasteiger partial charge on any atom is 0.127 e. The van der Waals surface area contributed by atoms with Gasteiger partial charge in [0, 0.05) is 24.8 Å². The van der Waals surface area contributed by atoms with Gasteiger partial charge in [-0.2, -0.15) is 0 Å². The number of benzene rings is 2. The zero-order chi connectivity index (χ0) is 13.8. The lowest BCUT2D eigenvalue weighted by molar-refractivity contribution is 0.482. The molecule has 1 aliphatic rings. The molecule has 2 aromatic carbocycles. The number of nitrogens with zero attached hydrogens (tertiary/aromatic N) is 1. The molecule has 1 heterocycles. The molecule has 1 fully saturated rings. The largest absolute Gasteiger partial charge is 0.457 e. The van der Waals surface area contributed by atoms with Crippen LogP contribution in [0.2, 0.25) is 0 Å². The quantitative estimate of drug-likeness (QED) is 0.927. The van der Waals surface area contributed by atoms with Gasteiger partial charge in [-0.25, -0.2) is 0 Å². The van der Waals surface area contributed by atoms with Crippen LogP contribution in [-0.2, 0) is 0 Å². The lowest BCUT2D eigenvalue weighted by Crippen LogP contribution is -2.42. The maximum atomic E-state index is 6.03. The van der Waals surface area contributed by atoms with Crippen molar-refractivity contribution in [3.63, 3.8) is 0 Å². The third-order valence-electron chi connectivity index (χ3n) is 3.64. The van der Waals surface area contributed by atoms with E-state index in [1.54, 1.807) is 0 Å². The van der Waals surface area contributed by atoms with E-state index in [1.807, 2.05) is 42.5 Å². The standard InChI is InChI=1S/C17H20N2O/c18-14-5-4-12-19(13-14)15-8-10-17(11-9-15)20-16-6-2-1-3-7-16/h1-3,6-11,14H,4-5,12-13,18H2. The van der Waals surface area contributed by atoms with E-state index in [2.05, 4.69) is 17.0 Å². The zero-order valence-corrected chi connectivity index (χ0v) is 11.5. The van der Waals surface area contributed by atoms with Crippen LogP contribution in [0.25, 0.3) is 0 Å². The van der Waals surface area contributed by atoms with Crippen molar-refractivity contribution < 1.29 is 4.74 Å². The Morgan fingerprint density at radius 2 is 1.65 bits per heavy atom. The summed E-state index contributed by atoms with van der Waals surface area (Å²) in [5, 5.41) is 0. The Kier molecular flexibility index (Phi) is 3.88. The predicted molar refractivity (Wildman–Crippen MR) is 82.4 cm³/mol. The van der Waals surface area contributed by atoms with E-state index in [0.29, 0.717) is 6.04 Å². The molecule has 0 aromatic heterocycles. The van der Waals surface area contributed by atoms with Crippen LogP contribution in [0.3, 0.4) is 0 Å². The topological polar surface area (TPSA) is 38.5 Å². The van der Waals surface area contributed by atoms with E-state index in [4.69, 9.17) is 10.5 Å². The monoisotopic (exact) mass is 268 g/mol. The lowest BCUT2D eigenvalue weighted by Gasteiger charge is -2.32. The number of piperidine rings is 1. The fourth-order valence-electron chi connectivity index (χ4n) is 2.59. The minimum atomic E-state index is 0.295. The number of rotatable bonds is 3. The first-order valence-electron chi connectivity index (χ1n) is 7.15. The summed E-state index contributed by atoms with van der Waals surface area (Å²) >= 11 is 0. The van der Waals surface area contributed by atoms with E-state index in [0.717, 1.165) is 31.0 Å². The van der Waals surface area contributed by atoms with Gasteiger partial charge < -0.3 is 15.4 Å². The fourth-order valence-corrected chi connectivity index (χ4v) is 2.59. The molecule has 3 nitrogen and oxygen atoms in total. The minimum Gasteiger partial charge on any atom is -0.457 e. The Morgan fingerprint density at radius 1 is 0.950 bits per heavy atom. The van der Waals surface area contributed by atoms with Gasteiger partial charge in [0.15, 0.2) is 0 Å². The van der Waals surface area contributed by atoms with E-state index in [9.17, 15) is 0 Å². The van der Waals surface area contributed by atoms with Gasteiger partial charge in [0.2, 0.25) is 0 Å². The third kappa shape index (κ3) is 3.11. The summed E-state index contributed by atoms with van der Waals surface area (Å²) in [4.78, 5) is 2.35. The van der Waals surface area contributed by atoms with Gasteiger partial charge in [0.25, 0.3) is 0 Å². The molecule has 0 radical (unpaired) electrons. The highest BCUT2D eigenvalue weighted by Gasteiger charge is 2.16. The van der Waals surface area contributed by atoms with Gasteiger partial charge in [-0.05, 0) is 49.2 Å². The Bertz CT molecular complexity index is 539. The predicted octanol–water partition coefficient (Wildman–Crippen LogP) is 3.41. The molecule has 1 atom stereocenters. The number of hydrogen-bond donors (Lipinski definition) is 1. The zero-order valence-electron chi connectivity index (χ0n) is 11.5. The molecule has 1 aliphatic heterocycles. The van der Waals surface area contributed by atoms with E-state index in [-0.39, 0.29) is 0 Å². The summed E-state index contributed by atoms with van der Waals surface area (Å²) in [5.41, 5.74) is 7.25. The van der Waals surface area contributed by atoms with Crippen LogP contribution < -0.4 is 15.4 Å². The Balaban J connectivity index is 1.68. The summed E-state index contributed by atoms with van der Waals surface area (Å²) in [6, 6.07) is 18.4. The summed E-state index contributed by atoms with van der Waals surface area (Å²) in [6.07, 6.45) is 2.30. The van der Waals surface area contributed by atoms with Crippen LogP contribution >= 0.6 is 0 Å². The van der Waals surface area contributed by atoms with Crippen molar-refractivity contribution in [1.82, 2.24) is 0 Å². The Labute approximate surface area is 120 Å². The molecular weight excluding hydrogens is 248 g/mol. The number of nitrogens with two attached hydrogens (primary N) is 1. The molecule has 2 N–H and O–H groups in total. The number of para-hydroxylation sites is 1.